The van der Waals surface area contributed by atoms with E-state index in [2.05, 4.69) is 29.4 Å². The Morgan fingerprint density at radius 2 is 2.00 bits per heavy atom. The number of carbonyl (C=O) groups is 2. The molecule has 1 aliphatic heterocycles. The number of nitrogens with zero attached hydrogens (tertiary/aromatic N) is 2. The van der Waals surface area contributed by atoms with E-state index in [0.29, 0.717) is 18.0 Å². The minimum Gasteiger partial charge on any atom is -0.350 e. The number of pyridine rings is 1. The molecule has 0 aliphatic carbocycles. The van der Waals surface area contributed by atoms with Gasteiger partial charge in [-0.05, 0) is 29.7 Å². The SMILES string of the molecule is CCc1ccc(CNC(=O)CN2C(=O)CSc3ncccc32)cc1. The molecule has 0 spiro atoms. The molecule has 0 radical (unpaired) electrons. The lowest BCUT2D eigenvalue weighted by atomic mass is 10.1. The molecule has 0 atom stereocenters. The van der Waals surface area contributed by atoms with E-state index in [1.807, 2.05) is 18.2 Å². The van der Waals surface area contributed by atoms with Crippen LogP contribution in [0.3, 0.4) is 0 Å². The van der Waals surface area contributed by atoms with E-state index in [1.54, 1.807) is 12.3 Å². The van der Waals surface area contributed by atoms with Crippen LogP contribution in [-0.4, -0.2) is 29.1 Å². The zero-order valence-electron chi connectivity index (χ0n) is 13.5. The first-order chi connectivity index (χ1) is 11.7. The van der Waals surface area contributed by atoms with Gasteiger partial charge < -0.3 is 5.32 Å². The number of rotatable bonds is 5. The number of hydrogen-bond acceptors (Lipinski definition) is 4. The smallest absolute Gasteiger partial charge is 0.240 e. The largest absolute Gasteiger partial charge is 0.350 e. The van der Waals surface area contributed by atoms with Gasteiger partial charge in [-0.3, -0.25) is 14.5 Å². The molecule has 0 saturated heterocycles. The molecular formula is C18H19N3O2S. The zero-order chi connectivity index (χ0) is 16.9. The van der Waals surface area contributed by atoms with Crippen molar-refractivity contribution < 1.29 is 9.59 Å². The third kappa shape index (κ3) is 3.76. The minimum atomic E-state index is -0.176. The van der Waals surface area contributed by atoms with Crippen molar-refractivity contribution in [1.29, 1.82) is 0 Å². The number of hydrogen-bond donors (Lipinski definition) is 1. The maximum atomic E-state index is 12.2. The van der Waals surface area contributed by atoms with E-state index < -0.39 is 0 Å². The highest BCUT2D eigenvalue weighted by Gasteiger charge is 2.26. The molecule has 2 aromatic rings. The van der Waals surface area contributed by atoms with Gasteiger partial charge in [0.2, 0.25) is 11.8 Å². The van der Waals surface area contributed by atoms with E-state index in [0.717, 1.165) is 17.0 Å². The van der Waals surface area contributed by atoms with E-state index in [-0.39, 0.29) is 18.4 Å². The van der Waals surface area contributed by atoms with Crippen molar-refractivity contribution in [3.8, 4) is 0 Å². The summed E-state index contributed by atoms with van der Waals surface area (Å²) in [5.74, 6) is 0.0723. The lowest BCUT2D eigenvalue weighted by Crippen LogP contribution is -2.43. The van der Waals surface area contributed by atoms with Crippen LogP contribution >= 0.6 is 11.8 Å². The van der Waals surface area contributed by atoms with Crippen LogP contribution in [0.5, 0.6) is 0 Å². The quantitative estimate of drug-likeness (QED) is 0.907. The third-order valence-corrected chi connectivity index (χ3v) is 4.88. The summed E-state index contributed by atoms with van der Waals surface area (Å²) < 4.78 is 0. The molecule has 5 nitrogen and oxygen atoms in total. The van der Waals surface area contributed by atoms with Gasteiger partial charge in [0, 0.05) is 12.7 Å². The van der Waals surface area contributed by atoms with Crippen LogP contribution in [0, 0.1) is 0 Å². The fourth-order valence-corrected chi connectivity index (χ4v) is 3.39. The summed E-state index contributed by atoms with van der Waals surface area (Å²) in [7, 11) is 0. The van der Waals surface area contributed by atoms with Crippen LogP contribution < -0.4 is 10.2 Å². The Morgan fingerprint density at radius 3 is 2.75 bits per heavy atom. The Kier molecular flexibility index (Phi) is 5.15. The standard InChI is InChI=1S/C18H19N3O2S/c1-2-13-5-7-14(8-6-13)10-20-16(22)11-21-15-4-3-9-19-18(15)24-12-17(21)23/h3-9H,2,10-12H2,1H3,(H,20,22). The summed E-state index contributed by atoms with van der Waals surface area (Å²) in [5.41, 5.74) is 3.02. The molecule has 0 saturated carbocycles. The first kappa shape index (κ1) is 16.5. The number of nitrogens with one attached hydrogen (secondary N) is 1. The Hall–Kier alpha value is -2.34. The Balaban J connectivity index is 1.61. The summed E-state index contributed by atoms with van der Waals surface area (Å²) in [4.78, 5) is 30.1. The molecule has 124 valence electrons. The predicted molar refractivity (Wildman–Crippen MR) is 95.0 cm³/mol. The molecule has 1 N–H and O–H groups in total. The summed E-state index contributed by atoms with van der Waals surface area (Å²) in [6.45, 7) is 2.59. The zero-order valence-corrected chi connectivity index (χ0v) is 14.3. The van der Waals surface area contributed by atoms with Gasteiger partial charge in [0.05, 0.1) is 11.4 Å². The average molecular weight is 341 g/mol. The number of fused-ring (bicyclic) bond motifs is 1. The number of aromatic nitrogens is 1. The molecule has 6 heteroatoms. The molecule has 2 heterocycles. The van der Waals surface area contributed by atoms with Gasteiger partial charge >= 0.3 is 0 Å². The van der Waals surface area contributed by atoms with Crippen molar-refractivity contribution in [1.82, 2.24) is 10.3 Å². The molecule has 1 aromatic carbocycles. The third-order valence-electron chi connectivity index (χ3n) is 3.90. The summed E-state index contributed by atoms with van der Waals surface area (Å²) >= 11 is 1.41. The van der Waals surface area contributed by atoms with Gasteiger partial charge in [0.1, 0.15) is 11.6 Å². The van der Waals surface area contributed by atoms with Gasteiger partial charge in [0.25, 0.3) is 0 Å². The topological polar surface area (TPSA) is 62.3 Å². The Labute approximate surface area is 145 Å². The van der Waals surface area contributed by atoms with E-state index in [1.165, 1.54) is 22.2 Å². The summed E-state index contributed by atoms with van der Waals surface area (Å²) in [6, 6.07) is 11.8. The Morgan fingerprint density at radius 1 is 1.25 bits per heavy atom. The highest BCUT2D eigenvalue weighted by Crippen LogP contribution is 2.32. The molecule has 1 aromatic heterocycles. The van der Waals surface area contributed by atoms with Gasteiger partial charge in [-0.25, -0.2) is 4.98 Å². The number of anilines is 1. The van der Waals surface area contributed by atoms with Crippen LogP contribution in [0.15, 0.2) is 47.6 Å². The summed E-state index contributed by atoms with van der Waals surface area (Å²) in [5, 5.41) is 3.67. The predicted octanol–water partition coefficient (Wildman–Crippen LogP) is 2.40. The van der Waals surface area contributed by atoms with E-state index >= 15 is 0 Å². The molecule has 0 unspecified atom stereocenters. The first-order valence-corrected chi connectivity index (χ1v) is 8.88. The molecule has 3 rings (SSSR count). The van der Waals surface area contributed by atoms with Crippen molar-refractivity contribution in [2.75, 3.05) is 17.2 Å². The maximum absolute atomic E-state index is 12.2. The number of aryl methyl sites for hydroxylation is 1. The van der Waals surface area contributed by atoms with Crippen molar-refractivity contribution in [3.05, 3.63) is 53.7 Å². The van der Waals surface area contributed by atoms with Gasteiger partial charge in [0.15, 0.2) is 0 Å². The fourth-order valence-electron chi connectivity index (χ4n) is 2.51. The molecule has 1 aliphatic rings. The van der Waals surface area contributed by atoms with Crippen molar-refractivity contribution >= 4 is 29.3 Å². The monoisotopic (exact) mass is 341 g/mol. The molecule has 24 heavy (non-hydrogen) atoms. The highest BCUT2D eigenvalue weighted by atomic mass is 32.2. The normalized spacial score (nSPS) is 13.5. The van der Waals surface area contributed by atoms with Gasteiger partial charge in [-0.2, -0.15) is 0 Å². The lowest BCUT2D eigenvalue weighted by Gasteiger charge is -2.27. The second kappa shape index (κ2) is 7.49. The van der Waals surface area contributed by atoms with Crippen LogP contribution in [0.25, 0.3) is 0 Å². The Bertz CT molecular complexity index is 746. The van der Waals surface area contributed by atoms with Gasteiger partial charge in [-0.1, -0.05) is 43.0 Å². The van der Waals surface area contributed by atoms with Crippen LogP contribution in [-0.2, 0) is 22.6 Å². The maximum Gasteiger partial charge on any atom is 0.240 e. The van der Waals surface area contributed by atoms with E-state index in [9.17, 15) is 9.59 Å². The van der Waals surface area contributed by atoms with Gasteiger partial charge in [-0.15, -0.1) is 0 Å². The minimum absolute atomic E-state index is 0.0190. The van der Waals surface area contributed by atoms with Crippen LogP contribution in [0.4, 0.5) is 5.69 Å². The van der Waals surface area contributed by atoms with E-state index in [4.69, 9.17) is 0 Å². The van der Waals surface area contributed by atoms with Crippen molar-refractivity contribution in [2.24, 2.45) is 0 Å². The first-order valence-electron chi connectivity index (χ1n) is 7.90. The second-order valence-corrected chi connectivity index (χ2v) is 6.51. The van der Waals surface area contributed by atoms with Crippen LogP contribution in [0.2, 0.25) is 0 Å². The molecule has 0 bridgehead atoms. The summed E-state index contributed by atoms with van der Waals surface area (Å²) in [6.07, 6.45) is 2.69. The molecule has 0 fully saturated rings. The fraction of sp³-hybridized carbons (Fsp3) is 0.278. The average Bonchev–Trinajstić information content (AvgIpc) is 2.63. The molecular weight excluding hydrogens is 322 g/mol. The van der Waals surface area contributed by atoms with Crippen molar-refractivity contribution in [3.63, 3.8) is 0 Å². The number of carbonyl (C=O) groups excluding carboxylic acids is 2. The number of benzene rings is 1. The number of thioether (sulfide) groups is 1. The number of amides is 2. The van der Waals surface area contributed by atoms with Crippen LogP contribution in [0.1, 0.15) is 18.1 Å². The highest BCUT2D eigenvalue weighted by molar-refractivity contribution is 8.00. The lowest BCUT2D eigenvalue weighted by molar-refractivity contribution is -0.123. The second-order valence-electron chi connectivity index (χ2n) is 5.54. The molecule has 2 amide bonds. The van der Waals surface area contributed by atoms with Crippen molar-refractivity contribution in [2.45, 2.75) is 24.9 Å².